The van der Waals surface area contributed by atoms with Crippen molar-refractivity contribution in [2.24, 2.45) is 10.8 Å². The van der Waals surface area contributed by atoms with Crippen molar-refractivity contribution in [3.63, 3.8) is 0 Å². The van der Waals surface area contributed by atoms with E-state index in [0.717, 1.165) is 80.5 Å². The fraction of sp³-hybridized carbons (Fsp3) is 0.349. The van der Waals surface area contributed by atoms with E-state index in [1.807, 2.05) is 164 Å². The molecule has 5 atom stereocenters. The number of rotatable bonds is 13. The molecule has 3 N–H and O–H groups in total. The van der Waals surface area contributed by atoms with Gasteiger partial charge in [-0.25, -0.2) is 17.6 Å². The summed E-state index contributed by atoms with van der Waals surface area (Å²) in [6.07, 6.45) is 5.59. The van der Waals surface area contributed by atoms with Gasteiger partial charge in [0.1, 0.15) is 29.4 Å². The highest BCUT2D eigenvalue weighted by atomic mass is 19.1. The summed E-state index contributed by atoms with van der Waals surface area (Å²) in [7, 11) is -0.759. The number of aliphatic hydroxyl groups is 1. The Hall–Kier alpha value is -9.32. The molecule has 0 unspecified atom stereocenters. The van der Waals surface area contributed by atoms with Crippen LogP contribution in [0.15, 0.2) is 170 Å². The lowest BCUT2D eigenvalue weighted by Crippen LogP contribution is -2.46. The van der Waals surface area contributed by atoms with Gasteiger partial charge >= 0.3 is 7.05 Å². The maximum atomic E-state index is 14.1. The van der Waals surface area contributed by atoms with Crippen LogP contribution in [0.2, 0.25) is 6.82 Å². The van der Waals surface area contributed by atoms with E-state index in [-0.39, 0.29) is 83.4 Å². The number of nitrogens with zero attached hydrogens (tertiary/aromatic N) is 3. The minimum absolute atomic E-state index is 0.00783. The number of amides is 6. The number of halogens is 4. The molecule has 4 fully saturated rings. The number of hydrogen-bond donors (Lipinski definition) is 3. The first-order chi connectivity index (χ1) is 47.3. The zero-order valence-electron chi connectivity index (χ0n) is 59.1. The number of benzene rings is 8. The molecule has 4 aliphatic heterocycles. The van der Waals surface area contributed by atoms with Crippen LogP contribution in [-0.4, -0.2) is 97.5 Å². The number of carbonyl (C=O) groups excluding carboxylic acids is 6. The first-order valence-corrected chi connectivity index (χ1v) is 34.4. The summed E-state index contributed by atoms with van der Waals surface area (Å²) in [5, 5.41) is 22.7. The zero-order valence-corrected chi connectivity index (χ0v) is 59.1. The van der Waals surface area contributed by atoms with Crippen LogP contribution in [0.3, 0.4) is 0 Å². The molecule has 522 valence electrons. The van der Waals surface area contributed by atoms with Gasteiger partial charge in [-0.1, -0.05) is 185 Å². The number of imide groups is 2. The lowest BCUT2D eigenvalue weighted by atomic mass is 9.83. The summed E-state index contributed by atoms with van der Waals surface area (Å²) in [5.41, 5.74) is 12.7. The molecule has 100 heavy (non-hydrogen) atoms. The second-order valence-electron chi connectivity index (χ2n) is 29.1. The third-order valence-corrected chi connectivity index (χ3v) is 18.7. The van der Waals surface area contributed by atoms with E-state index in [9.17, 15) is 56.5 Å². The summed E-state index contributed by atoms with van der Waals surface area (Å²) >= 11 is 0. The van der Waals surface area contributed by atoms with Crippen LogP contribution in [0.1, 0.15) is 131 Å². The molecule has 8 aromatic rings. The Balaban J connectivity index is 0.000000156. The number of hydrogen-bond acceptors (Lipinski definition) is 8. The smallest absolute Gasteiger partial charge is 0.411 e. The van der Waals surface area contributed by atoms with E-state index in [4.69, 9.17) is 0 Å². The highest BCUT2D eigenvalue weighted by Crippen LogP contribution is 2.34. The average Bonchev–Trinajstić information content (AvgIpc) is 1.70. The summed E-state index contributed by atoms with van der Waals surface area (Å²) in [6, 6.07) is 51.0. The predicted molar refractivity (Wildman–Crippen MR) is 386 cm³/mol. The molecule has 0 aliphatic carbocycles. The van der Waals surface area contributed by atoms with Crippen LogP contribution >= 0.6 is 0 Å². The monoisotopic (exact) mass is 1360 g/mol. The van der Waals surface area contributed by atoms with Crippen molar-refractivity contribution in [2.75, 3.05) is 0 Å². The Morgan fingerprint density at radius 3 is 1.13 bits per heavy atom. The molecular weight excluding hydrogens is 1270 g/mol. The highest BCUT2D eigenvalue weighted by Gasteiger charge is 2.45. The lowest BCUT2D eigenvalue weighted by molar-refractivity contribution is -0.152. The van der Waals surface area contributed by atoms with Crippen molar-refractivity contribution in [3.8, 4) is 44.5 Å². The van der Waals surface area contributed by atoms with Crippen LogP contribution in [-0.2, 0) is 54.5 Å². The molecule has 6 amide bonds. The van der Waals surface area contributed by atoms with Crippen molar-refractivity contribution in [1.29, 1.82) is 0 Å². The molecule has 12 nitrogen and oxygen atoms in total. The van der Waals surface area contributed by atoms with Gasteiger partial charge in [0.15, 0.2) is 0 Å². The topological polar surface area (TPSA) is 165 Å². The summed E-state index contributed by atoms with van der Waals surface area (Å²) in [5.74, 6) is -1.80. The van der Waals surface area contributed by atoms with E-state index in [1.54, 1.807) is 62.7 Å². The van der Waals surface area contributed by atoms with Gasteiger partial charge in [-0.3, -0.25) is 38.6 Å². The molecule has 4 saturated heterocycles. The molecule has 4 aliphatic rings. The van der Waals surface area contributed by atoms with Crippen molar-refractivity contribution in [2.45, 2.75) is 177 Å². The van der Waals surface area contributed by atoms with E-state index in [1.165, 1.54) is 39.6 Å². The second-order valence-corrected chi connectivity index (χ2v) is 29.1. The Morgan fingerprint density at radius 1 is 0.450 bits per heavy atom. The fourth-order valence-corrected chi connectivity index (χ4v) is 13.3. The van der Waals surface area contributed by atoms with Gasteiger partial charge in [0.05, 0.1) is 0 Å². The Bertz CT molecular complexity index is 4260. The minimum Gasteiger partial charge on any atom is -0.432 e. The number of aryl methyl sites for hydroxylation is 4. The number of likely N-dealkylation sites (tertiary alicyclic amines) is 2. The lowest BCUT2D eigenvalue weighted by Gasteiger charge is -2.29. The third kappa shape index (κ3) is 19.0. The van der Waals surface area contributed by atoms with Crippen molar-refractivity contribution in [1.82, 2.24) is 19.9 Å². The first-order valence-electron chi connectivity index (χ1n) is 34.4. The molecule has 0 saturated carbocycles. The Labute approximate surface area is 586 Å². The largest absolute Gasteiger partial charge is 0.432 e. The van der Waals surface area contributed by atoms with Crippen LogP contribution in [0.4, 0.5) is 17.6 Å². The van der Waals surface area contributed by atoms with Gasteiger partial charge in [0.2, 0.25) is 29.5 Å². The summed E-state index contributed by atoms with van der Waals surface area (Å²) < 4.78 is 56.1. The van der Waals surface area contributed by atoms with Crippen molar-refractivity contribution in [3.05, 3.63) is 238 Å². The first kappa shape index (κ1) is 74.9. The van der Waals surface area contributed by atoms with E-state index in [2.05, 4.69) is 5.32 Å². The van der Waals surface area contributed by atoms with Crippen molar-refractivity contribution < 1.29 is 56.5 Å². The quantitative estimate of drug-likeness (QED) is 0.0758. The van der Waals surface area contributed by atoms with Crippen LogP contribution < -0.4 is 5.32 Å². The minimum atomic E-state index is -1.14. The molecule has 0 radical (unpaired) electrons. The van der Waals surface area contributed by atoms with Gasteiger partial charge in [-0.2, -0.15) is 0 Å². The Kier molecular flexibility index (Phi) is 24.2. The standard InChI is InChI=1S/C23H26FNO3.C23H26FNO2.C19H21BFNO2.C18H18FNO/c1-14-5-10-19(24)18(11-14)16-8-6-15(7-9-16)12-17-13-20(26)21(27)25(17)22(28)23(2,3)4;1-15-5-11-20(24)19(13-15)17-8-6-16(7-9-17)14-18-10-12-21(26)25(18)22(27)23(2,3)4;1-13-3-9-18(21)17(11-13)15-6-4-14(5-7-15)12-16-8-10-19(23)22(16)20(2)24;1-12-2-8-17(19)16(10-12)14-5-3-13(4-6-14)11-15-7-9-18(21)20-15/h5-11,17,20,26H,12-13H2,1-4H3;5-9,11,13,18H,10,12,14H2,1-4H3;3-7,9,11,16,24H,8,10,12H2,1-2H3;2-6,8,10,15H,7,9,11H2,1H3,(H,20,21)/t17-,20-;18-;16-;15-/m1000/s1. The second kappa shape index (κ2) is 32.3. The maximum Gasteiger partial charge on any atom is 0.411 e. The van der Waals surface area contributed by atoms with Gasteiger partial charge in [-0.05, 0) is 173 Å². The molecule has 4 heterocycles. The zero-order chi connectivity index (χ0) is 72.5. The highest BCUT2D eigenvalue weighted by molar-refractivity contribution is 6.49. The molecule has 17 heteroatoms. The molecule has 0 spiro atoms. The van der Waals surface area contributed by atoms with Gasteiger partial charge in [0.25, 0.3) is 5.91 Å². The molecule has 8 aromatic carbocycles. The maximum absolute atomic E-state index is 14.1. The molecular formula is C83H91BF4N4O8. The number of aliphatic hydroxyl groups excluding tert-OH is 1. The molecule has 0 aromatic heterocycles. The van der Waals surface area contributed by atoms with E-state index < -0.39 is 29.9 Å². The number of nitrogens with one attached hydrogen (secondary N) is 1. The predicted octanol–water partition coefficient (Wildman–Crippen LogP) is 15.9. The van der Waals surface area contributed by atoms with E-state index >= 15 is 0 Å². The summed E-state index contributed by atoms with van der Waals surface area (Å²) in [4.78, 5) is 77.2. The fourth-order valence-electron chi connectivity index (χ4n) is 13.3. The molecule has 0 bridgehead atoms. The normalized spacial score (nSPS) is 18.2. The van der Waals surface area contributed by atoms with Crippen LogP contribution in [0, 0.1) is 61.8 Å². The van der Waals surface area contributed by atoms with E-state index in [0.29, 0.717) is 67.2 Å². The Morgan fingerprint density at radius 2 is 0.780 bits per heavy atom. The van der Waals surface area contributed by atoms with Gasteiger partial charge in [0, 0.05) is 82.9 Å². The van der Waals surface area contributed by atoms with Crippen LogP contribution in [0.5, 0.6) is 0 Å². The molecule has 12 rings (SSSR count). The number of carbonyl (C=O) groups is 6. The average molecular weight is 1360 g/mol. The van der Waals surface area contributed by atoms with Gasteiger partial charge < -0.3 is 20.3 Å². The van der Waals surface area contributed by atoms with Crippen molar-refractivity contribution >= 4 is 42.5 Å². The van der Waals surface area contributed by atoms with Crippen LogP contribution in [0.25, 0.3) is 44.5 Å². The summed E-state index contributed by atoms with van der Waals surface area (Å²) in [6.45, 7) is 20.2. The van der Waals surface area contributed by atoms with Gasteiger partial charge in [-0.15, -0.1) is 0 Å². The third-order valence-electron chi connectivity index (χ3n) is 18.7. The SMILES string of the molecule is CB(O)N1C(=O)CC[C@H]1Cc1ccc(-c2cc(C)ccc2F)cc1.Cc1ccc(F)c(-c2ccc(C[C@@H]3CCC(=O)N3)cc2)c1.Cc1ccc(F)c(-c2ccc(C[C@@H]3CCC(=O)N3C(=O)C(C)(C)C)cc2)c1.Cc1ccc(F)c(-c2ccc(C[C@@H]3C[C@@H](O)C(=O)N3C(=O)C(C)(C)C)cc2)c1.